The summed E-state index contributed by atoms with van der Waals surface area (Å²) in [4.78, 5) is 18.8. The van der Waals surface area contributed by atoms with Crippen LogP contribution in [-0.4, -0.2) is 20.4 Å². The molecule has 0 spiro atoms. The lowest BCUT2D eigenvalue weighted by Gasteiger charge is -2.21. The third-order valence-electron chi connectivity index (χ3n) is 2.63. The fourth-order valence-corrected chi connectivity index (χ4v) is 1.96. The Bertz CT molecular complexity index is 700. The van der Waals surface area contributed by atoms with Crippen molar-refractivity contribution in [2.24, 2.45) is 0 Å². The molecule has 0 saturated heterocycles. The fraction of sp³-hybridized carbons (Fsp3) is 0.286. The zero-order valence-electron chi connectivity index (χ0n) is 12.4. The molecule has 8 heteroatoms. The maximum Gasteiger partial charge on any atom is 0.353 e. The van der Waals surface area contributed by atoms with Crippen molar-refractivity contribution in [2.45, 2.75) is 26.3 Å². The van der Waals surface area contributed by atoms with Gasteiger partial charge in [0.05, 0.1) is 15.6 Å². The molecule has 0 amide bonds. The molecule has 1 aromatic heterocycles. The Morgan fingerprint density at radius 1 is 1.18 bits per heavy atom. The monoisotopic (exact) mass is 321 g/mol. The number of para-hydroxylation sites is 1. The van der Waals surface area contributed by atoms with Gasteiger partial charge in [-0.05, 0) is 32.9 Å². The van der Waals surface area contributed by atoms with Crippen LogP contribution >= 0.6 is 11.6 Å². The zero-order chi connectivity index (χ0) is 16.3. The van der Waals surface area contributed by atoms with Gasteiger partial charge in [0.25, 0.3) is 0 Å². The first kappa shape index (κ1) is 16.0. The summed E-state index contributed by atoms with van der Waals surface area (Å²) in [5.41, 5.74) is -0.0640. The highest BCUT2D eigenvalue weighted by molar-refractivity contribution is 6.33. The third kappa shape index (κ3) is 3.82. The first-order valence-corrected chi connectivity index (χ1v) is 6.95. The van der Waals surface area contributed by atoms with E-state index in [0.29, 0.717) is 10.7 Å². The van der Waals surface area contributed by atoms with Crippen LogP contribution < -0.4 is 10.6 Å². The van der Waals surface area contributed by atoms with Gasteiger partial charge in [-0.1, -0.05) is 23.7 Å². The van der Waals surface area contributed by atoms with Crippen molar-refractivity contribution in [2.75, 3.05) is 10.6 Å². The van der Waals surface area contributed by atoms with E-state index in [0.717, 1.165) is 0 Å². The summed E-state index contributed by atoms with van der Waals surface area (Å²) in [6.07, 6.45) is 1.26. The molecule has 2 aromatic rings. The molecule has 0 saturated carbocycles. The Labute approximate surface area is 132 Å². The molecule has 7 nitrogen and oxygen atoms in total. The molecule has 0 radical (unpaired) electrons. The molecule has 2 N–H and O–H groups in total. The number of hydrogen-bond acceptors (Lipinski definition) is 6. The average Bonchev–Trinajstić information content (AvgIpc) is 2.39. The maximum atomic E-state index is 11.4. The van der Waals surface area contributed by atoms with Gasteiger partial charge < -0.3 is 10.6 Å². The van der Waals surface area contributed by atoms with Crippen molar-refractivity contribution >= 4 is 34.6 Å². The summed E-state index contributed by atoms with van der Waals surface area (Å²) in [6, 6.07) is 6.94. The average molecular weight is 322 g/mol. The predicted molar refractivity (Wildman–Crippen MR) is 86.8 cm³/mol. The number of halogens is 1. The van der Waals surface area contributed by atoms with Crippen LogP contribution in [0.4, 0.5) is 23.0 Å². The number of nitrogens with zero attached hydrogens (tertiary/aromatic N) is 3. The quantitative estimate of drug-likeness (QED) is 0.653. The van der Waals surface area contributed by atoms with Crippen molar-refractivity contribution in [1.29, 1.82) is 0 Å². The molecule has 116 valence electrons. The highest BCUT2D eigenvalue weighted by atomic mass is 35.5. The Balaban J connectivity index is 2.45. The molecule has 2 rings (SSSR count). The summed E-state index contributed by atoms with van der Waals surface area (Å²) in [6.45, 7) is 5.67. The van der Waals surface area contributed by atoms with Gasteiger partial charge in [-0.15, -0.1) is 0 Å². The van der Waals surface area contributed by atoms with E-state index in [1.807, 2.05) is 20.8 Å². The van der Waals surface area contributed by atoms with Gasteiger partial charge in [0, 0.05) is 5.54 Å². The molecule has 0 atom stereocenters. The van der Waals surface area contributed by atoms with E-state index >= 15 is 0 Å². The Morgan fingerprint density at radius 2 is 1.82 bits per heavy atom. The number of rotatable bonds is 4. The molecule has 1 heterocycles. The minimum atomic E-state index is -0.521. The molecule has 1 aromatic carbocycles. The smallest absolute Gasteiger partial charge is 0.353 e. The molecule has 0 fully saturated rings. The Kier molecular flexibility index (Phi) is 4.46. The van der Waals surface area contributed by atoms with Crippen LogP contribution in [0.2, 0.25) is 5.02 Å². The number of benzene rings is 1. The van der Waals surface area contributed by atoms with Gasteiger partial charge in [0.1, 0.15) is 6.33 Å². The van der Waals surface area contributed by atoms with E-state index in [1.165, 1.54) is 6.33 Å². The number of aromatic nitrogens is 2. The van der Waals surface area contributed by atoms with Crippen LogP contribution in [0.3, 0.4) is 0 Å². The zero-order valence-corrected chi connectivity index (χ0v) is 13.2. The van der Waals surface area contributed by atoms with Crippen molar-refractivity contribution in [1.82, 2.24) is 9.97 Å². The Hall–Kier alpha value is -2.41. The molecule has 0 aliphatic carbocycles. The SMILES string of the molecule is CC(C)(C)Nc1ncnc(Nc2ccccc2Cl)c1[N+](=O)[O-]. The van der Waals surface area contributed by atoms with Gasteiger partial charge in [-0.2, -0.15) is 0 Å². The van der Waals surface area contributed by atoms with Crippen LogP contribution in [0, 0.1) is 10.1 Å². The van der Waals surface area contributed by atoms with Gasteiger partial charge in [-0.25, -0.2) is 9.97 Å². The normalized spacial score (nSPS) is 11.1. The van der Waals surface area contributed by atoms with Gasteiger partial charge >= 0.3 is 5.69 Å². The van der Waals surface area contributed by atoms with E-state index in [-0.39, 0.29) is 22.9 Å². The minimum absolute atomic E-state index is 0.0832. The number of nitro groups is 1. The number of nitrogens with one attached hydrogen (secondary N) is 2. The van der Waals surface area contributed by atoms with E-state index in [9.17, 15) is 10.1 Å². The molecule has 22 heavy (non-hydrogen) atoms. The lowest BCUT2D eigenvalue weighted by atomic mass is 10.1. The highest BCUT2D eigenvalue weighted by Gasteiger charge is 2.26. The third-order valence-corrected chi connectivity index (χ3v) is 2.95. The van der Waals surface area contributed by atoms with Gasteiger partial charge in [0.15, 0.2) is 0 Å². The number of hydrogen-bond donors (Lipinski definition) is 2. The largest absolute Gasteiger partial charge is 0.360 e. The maximum absolute atomic E-state index is 11.4. The molecule has 0 unspecified atom stereocenters. The minimum Gasteiger partial charge on any atom is -0.360 e. The van der Waals surface area contributed by atoms with Crippen molar-refractivity contribution < 1.29 is 4.92 Å². The second-order valence-electron chi connectivity index (χ2n) is 5.66. The van der Waals surface area contributed by atoms with E-state index in [2.05, 4.69) is 20.6 Å². The van der Waals surface area contributed by atoms with Crippen LogP contribution in [0.1, 0.15) is 20.8 Å². The number of anilines is 3. The van der Waals surface area contributed by atoms with Gasteiger partial charge in [-0.3, -0.25) is 10.1 Å². The lowest BCUT2D eigenvalue weighted by molar-refractivity contribution is -0.383. The topological polar surface area (TPSA) is 93.0 Å². The molecule has 0 aliphatic rings. The fourth-order valence-electron chi connectivity index (χ4n) is 1.78. The highest BCUT2D eigenvalue weighted by Crippen LogP contribution is 2.34. The molecule has 0 aliphatic heterocycles. The molecule has 0 bridgehead atoms. The second-order valence-corrected chi connectivity index (χ2v) is 6.06. The summed E-state index contributed by atoms with van der Waals surface area (Å²) in [5.74, 6) is 0.238. The van der Waals surface area contributed by atoms with Crippen LogP contribution in [0.5, 0.6) is 0 Å². The first-order chi connectivity index (χ1) is 10.3. The molecular formula is C14H16ClN5O2. The standard InChI is InChI=1S/C14H16ClN5O2/c1-14(2,3)19-13-11(20(21)22)12(16-8-17-13)18-10-7-5-4-6-9(10)15/h4-8H,1-3H3,(H2,16,17,18,19). The summed E-state index contributed by atoms with van der Waals surface area (Å²) in [7, 11) is 0. The van der Waals surface area contributed by atoms with Crippen LogP contribution in [0.15, 0.2) is 30.6 Å². The molecular weight excluding hydrogens is 306 g/mol. The summed E-state index contributed by atoms with van der Waals surface area (Å²) < 4.78 is 0. The summed E-state index contributed by atoms with van der Waals surface area (Å²) in [5, 5.41) is 17.8. The van der Waals surface area contributed by atoms with E-state index < -0.39 is 4.92 Å². The van der Waals surface area contributed by atoms with E-state index in [1.54, 1.807) is 24.3 Å². The Morgan fingerprint density at radius 3 is 2.41 bits per heavy atom. The van der Waals surface area contributed by atoms with E-state index in [4.69, 9.17) is 11.6 Å². The van der Waals surface area contributed by atoms with Gasteiger partial charge in [0.2, 0.25) is 11.6 Å². The summed E-state index contributed by atoms with van der Waals surface area (Å²) >= 11 is 6.06. The van der Waals surface area contributed by atoms with Crippen LogP contribution in [0.25, 0.3) is 0 Å². The van der Waals surface area contributed by atoms with Crippen molar-refractivity contribution in [3.05, 3.63) is 45.7 Å². The first-order valence-electron chi connectivity index (χ1n) is 6.57. The van der Waals surface area contributed by atoms with Crippen molar-refractivity contribution in [3.8, 4) is 0 Å². The van der Waals surface area contributed by atoms with Crippen LogP contribution in [-0.2, 0) is 0 Å². The predicted octanol–water partition coefficient (Wildman–Crippen LogP) is 3.99. The lowest BCUT2D eigenvalue weighted by Crippen LogP contribution is -2.27. The second kappa shape index (κ2) is 6.15. The van der Waals surface area contributed by atoms with Crippen molar-refractivity contribution in [3.63, 3.8) is 0 Å².